The lowest BCUT2D eigenvalue weighted by atomic mass is 9.54. The maximum absolute atomic E-state index is 16.8. The van der Waals surface area contributed by atoms with Gasteiger partial charge in [0.15, 0.2) is 7.14 Å². The summed E-state index contributed by atoms with van der Waals surface area (Å²) in [7, 11) is -3.46. The van der Waals surface area contributed by atoms with Crippen LogP contribution >= 0.6 is 7.14 Å². The van der Waals surface area contributed by atoms with E-state index in [0.717, 1.165) is 50.3 Å². The lowest BCUT2D eigenvalue weighted by Crippen LogP contribution is -2.43. The Labute approximate surface area is 475 Å². The van der Waals surface area contributed by atoms with Crippen LogP contribution < -0.4 is 15.9 Å². The Morgan fingerprint density at radius 2 is 0.790 bits per heavy atom. The van der Waals surface area contributed by atoms with E-state index in [0.29, 0.717) is 0 Å². The van der Waals surface area contributed by atoms with Gasteiger partial charge in [-0.05, 0) is 142 Å². The third-order valence-electron chi connectivity index (χ3n) is 18.4. The third-order valence-corrected chi connectivity index (χ3v) is 21.5. The number of benzene rings is 11. The summed E-state index contributed by atoms with van der Waals surface area (Å²) in [5.74, 6) is 0. The first-order chi connectivity index (χ1) is 39.7. The second-order valence-electron chi connectivity index (χ2n) is 23.1. The van der Waals surface area contributed by atoms with Crippen LogP contribution in [0.1, 0.15) is 70.8 Å². The molecule has 15 rings (SSSR count). The summed E-state index contributed by atoms with van der Waals surface area (Å²) >= 11 is 0. The number of nitrogens with zero attached hydrogens (tertiary/aromatic N) is 1. The molecule has 3 heteroatoms. The molecular weight excluding hydrogens is 998 g/mol. The number of fused-ring (bicyclic) bond motifs is 16. The van der Waals surface area contributed by atoms with E-state index < -0.39 is 18.0 Å². The van der Waals surface area contributed by atoms with Crippen molar-refractivity contribution in [2.24, 2.45) is 0 Å². The van der Waals surface area contributed by atoms with Gasteiger partial charge in [-0.25, -0.2) is 0 Å². The summed E-state index contributed by atoms with van der Waals surface area (Å²) in [6.07, 6.45) is 2.61. The van der Waals surface area contributed by atoms with Gasteiger partial charge in [0.25, 0.3) is 0 Å². The van der Waals surface area contributed by atoms with Crippen molar-refractivity contribution in [2.45, 2.75) is 43.4 Å². The van der Waals surface area contributed by atoms with Crippen LogP contribution in [0.3, 0.4) is 0 Å². The predicted molar refractivity (Wildman–Crippen MR) is 337 cm³/mol. The van der Waals surface area contributed by atoms with Crippen LogP contribution in [0.25, 0.3) is 66.9 Å². The average molecular weight is 1060 g/mol. The third kappa shape index (κ3) is 7.33. The molecule has 3 aliphatic carbocycles. The predicted octanol–water partition coefficient (Wildman–Crippen LogP) is 17.9. The fraction of sp³-hybridized carbons (Fsp3) is 0.0897. The van der Waals surface area contributed by atoms with E-state index in [2.05, 4.69) is 262 Å². The zero-order chi connectivity index (χ0) is 54.5. The minimum atomic E-state index is -3.46. The van der Waals surface area contributed by atoms with Crippen molar-refractivity contribution >= 4 is 23.1 Å². The zero-order valence-corrected chi connectivity index (χ0v) is 46.5. The highest BCUT2D eigenvalue weighted by Gasteiger charge is 2.54. The molecule has 0 N–H and O–H groups in total. The molecule has 0 saturated carbocycles. The monoisotopic (exact) mass is 1060 g/mol. The first-order valence-corrected chi connectivity index (χ1v) is 30.0. The Bertz CT molecular complexity index is 4470. The Balaban J connectivity index is 0.845. The molecule has 0 fully saturated rings. The standard InChI is InChI=1S/C78H58NOP/c1-76(2)67-31-12-9-28-62(67)59-26-7-8-27-60(59)65-50-58(44-45-61(65)63-29-10-13-32-68(63)76)81(80,56-24-5-4-6-25-56)57-42-39-52(40-43-57)51-77(3)71-34-15-17-36-73(71)78(74-37-18-16-35-72(74)77)69-33-14-11-30-64(69)66-49-54(41-46-70(66)78)53-22-21-23-55(48-53)75-38-19-20-47-79-75/h4-50H,51H2,1-3H3. The first kappa shape index (κ1) is 48.9. The van der Waals surface area contributed by atoms with Crippen LogP contribution in [0.5, 0.6) is 0 Å². The maximum atomic E-state index is 16.8. The molecule has 1 spiro atoms. The van der Waals surface area contributed by atoms with E-state index in [4.69, 9.17) is 0 Å². The molecule has 1 unspecified atom stereocenters. The highest BCUT2D eigenvalue weighted by Crippen LogP contribution is 2.63. The van der Waals surface area contributed by atoms with Gasteiger partial charge in [-0.3, -0.25) is 4.98 Å². The van der Waals surface area contributed by atoms with Crippen LogP contribution in [0.4, 0.5) is 0 Å². The van der Waals surface area contributed by atoms with Crippen LogP contribution in [-0.4, -0.2) is 4.98 Å². The van der Waals surface area contributed by atoms with E-state index in [9.17, 15) is 0 Å². The lowest BCUT2D eigenvalue weighted by Gasteiger charge is -2.48. The molecule has 81 heavy (non-hydrogen) atoms. The first-order valence-electron chi connectivity index (χ1n) is 28.3. The highest BCUT2D eigenvalue weighted by molar-refractivity contribution is 7.85. The van der Waals surface area contributed by atoms with Crippen molar-refractivity contribution in [1.82, 2.24) is 4.98 Å². The molecule has 0 amide bonds. The van der Waals surface area contributed by atoms with Crippen molar-refractivity contribution in [3.8, 4) is 66.9 Å². The number of hydrogen-bond donors (Lipinski definition) is 0. The van der Waals surface area contributed by atoms with Gasteiger partial charge >= 0.3 is 0 Å². The molecule has 0 saturated heterocycles. The van der Waals surface area contributed by atoms with Crippen molar-refractivity contribution in [1.29, 1.82) is 0 Å². The number of rotatable bonds is 7. The molecule has 12 aromatic rings. The van der Waals surface area contributed by atoms with Gasteiger partial charge in [0, 0.05) is 38.5 Å². The molecular formula is C78H58NOP. The van der Waals surface area contributed by atoms with Gasteiger partial charge in [-0.1, -0.05) is 269 Å². The number of aromatic nitrogens is 1. The van der Waals surface area contributed by atoms with Crippen molar-refractivity contribution in [2.75, 3.05) is 0 Å². The minimum absolute atomic E-state index is 0.296. The molecule has 3 aliphatic rings. The van der Waals surface area contributed by atoms with E-state index >= 15 is 4.57 Å². The van der Waals surface area contributed by atoms with E-state index in [1.54, 1.807) is 0 Å². The minimum Gasteiger partial charge on any atom is -0.309 e. The topological polar surface area (TPSA) is 30.0 Å². The fourth-order valence-corrected chi connectivity index (χ4v) is 17.3. The summed E-state index contributed by atoms with van der Waals surface area (Å²) in [4.78, 5) is 4.67. The lowest BCUT2D eigenvalue weighted by molar-refractivity contribution is 0.514. The molecule has 1 heterocycles. The molecule has 0 bridgehead atoms. The SMILES string of the molecule is CC1(C)c2ccccc2-c2ccccc2-c2cc(P(=O)(c3ccccc3)c3ccc(CC4(C)c5ccccc5C5(c6ccccc6-c6cc(-c7cccc(-c8ccccn8)c7)ccc65)c5ccccc54)cc3)ccc2-c2ccccc21. The van der Waals surface area contributed by atoms with Gasteiger partial charge in [0.1, 0.15) is 0 Å². The Morgan fingerprint density at radius 1 is 0.321 bits per heavy atom. The van der Waals surface area contributed by atoms with Crippen LogP contribution in [0.2, 0.25) is 0 Å². The van der Waals surface area contributed by atoms with Crippen LogP contribution in [-0.2, 0) is 27.2 Å². The molecule has 0 aliphatic heterocycles. The second kappa shape index (κ2) is 18.7. The summed E-state index contributed by atoms with van der Waals surface area (Å²) in [6, 6.07) is 102. The van der Waals surface area contributed by atoms with Gasteiger partial charge in [0.05, 0.1) is 11.1 Å². The largest absolute Gasteiger partial charge is 0.309 e. The van der Waals surface area contributed by atoms with E-state index in [1.807, 2.05) is 48.7 Å². The highest BCUT2D eigenvalue weighted by atomic mass is 31.2. The number of pyridine rings is 1. The van der Waals surface area contributed by atoms with E-state index in [-0.39, 0.29) is 5.41 Å². The second-order valence-corrected chi connectivity index (χ2v) is 25.8. The average Bonchev–Trinajstić information content (AvgIpc) is 1.92. The quantitative estimate of drug-likeness (QED) is 0.149. The van der Waals surface area contributed by atoms with E-state index in [1.165, 1.54) is 89.0 Å². The number of hydrogen-bond acceptors (Lipinski definition) is 2. The van der Waals surface area contributed by atoms with Gasteiger partial charge in [-0.2, -0.15) is 0 Å². The Morgan fingerprint density at radius 3 is 1.42 bits per heavy atom. The summed E-state index contributed by atoms with van der Waals surface area (Å²) < 4.78 is 16.8. The van der Waals surface area contributed by atoms with Gasteiger partial charge in [-0.15, -0.1) is 0 Å². The Kier molecular flexibility index (Phi) is 11.3. The molecule has 0 radical (unpaired) electrons. The fourth-order valence-electron chi connectivity index (χ4n) is 14.6. The zero-order valence-electron chi connectivity index (χ0n) is 45.6. The molecule has 2 nitrogen and oxygen atoms in total. The van der Waals surface area contributed by atoms with Crippen molar-refractivity contribution < 1.29 is 4.57 Å². The molecule has 1 aromatic heterocycles. The van der Waals surface area contributed by atoms with Crippen LogP contribution in [0.15, 0.2) is 285 Å². The summed E-state index contributed by atoms with van der Waals surface area (Å²) in [6.45, 7) is 7.13. The van der Waals surface area contributed by atoms with Gasteiger partial charge in [0.2, 0.25) is 0 Å². The maximum Gasteiger partial charge on any atom is 0.171 e. The van der Waals surface area contributed by atoms with Crippen molar-refractivity contribution in [3.05, 3.63) is 335 Å². The molecule has 11 aromatic carbocycles. The molecule has 1 atom stereocenters. The van der Waals surface area contributed by atoms with Crippen LogP contribution in [0, 0.1) is 0 Å². The Hall–Kier alpha value is -9.20. The normalized spacial score (nSPS) is 17.5. The van der Waals surface area contributed by atoms with Crippen molar-refractivity contribution in [3.63, 3.8) is 0 Å². The summed E-state index contributed by atoms with van der Waals surface area (Å²) in [5, 5.41) is 2.45. The summed E-state index contributed by atoms with van der Waals surface area (Å²) in [5.41, 5.74) is 24.3. The smallest absolute Gasteiger partial charge is 0.171 e. The van der Waals surface area contributed by atoms with Gasteiger partial charge < -0.3 is 4.57 Å². The molecule has 386 valence electrons.